The minimum Gasteiger partial charge on any atom is -0.463 e. The molecule has 39 heavy (non-hydrogen) atoms. The molecule has 2 aliphatic rings. The molecule has 2 bridgehead atoms. The summed E-state index contributed by atoms with van der Waals surface area (Å²) in [4.78, 5) is 20.6. The molecule has 9 heteroatoms. The Kier molecular flexibility index (Phi) is 6.07. The number of aromatic nitrogens is 5. The van der Waals surface area contributed by atoms with E-state index in [1.807, 2.05) is 54.2 Å². The topological polar surface area (TPSA) is 69.0 Å². The summed E-state index contributed by atoms with van der Waals surface area (Å²) in [7, 11) is 1.95. The highest BCUT2D eigenvalue weighted by atomic mass is 35.5. The van der Waals surface area contributed by atoms with Gasteiger partial charge in [0.15, 0.2) is 5.82 Å². The van der Waals surface area contributed by atoms with E-state index in [0.29, 0.717) is 46.7 Å². The molecule has 0 radical (unpaired) electrons. The average Bonchev–Trinajstić information content (AvgIpc) is 3.51. The van der Waals surface area contributed by atoms with Crippen LogP contribution < -0.4 is 9.64 Å². The van der Waals surface area contributed by atoms with Crippen molar-refractivity contribution in [3.8, 4) is 17.3 Å². The molecule has 0 amide bonds. The molecule has 1 saturated carbocycles. The molecule has 0 spiro atoms. The summed E-state index contributed by atoms with van der Waals surface area (Å²) >= 11 is 6.57. The van der Waals surface area contributed by atoms with Crippen LogP contribution in [0.15, 0.2) is 55.0 Å². The Balaban J connectivity index is 1.33. The predicted molar refractivity (Wildman–Crippen MR) is 151 cm³/mol. The van der Waals surface area contributed by atoms with Gasteiger partial charge in [-0.15, -0.1) is 0 Å². The Morgan fingerprint density at radius 3 is 2.62 bits per heavy atom. The maximum absolute atomic E-state index is 16.4. The van der Waals surface area contributed by atoms with Crippen molar-refractivity contribution >= 4 is 39.1 Å². The number of piperidine rings is 1. The summed E-state index contributed by atoms with van der Waals surface area (Å²) in [5, 5.41) is 2.84. The van der Waals surface area contributed by atoms with Crippen LogP contribution in [0.3, 0.4) is 0 Å². The summed E-state index contributed by atoms with van der Waals surface area (Å²) in [6.07, 6.45) is 9.67. The molecular weight excluding hydrogens is 515 g/mol. The number of ether oxygens (including phenoxy) is 1. The molecule has 0 N–H and O–H groups in total. The van der Waals surface area contributed by atoms with Crippen LogP contribution in [-0.4, -0.2) is 44.2 Å². The number of anilines is 1. The number of hydrogen-bond donors (Lipinski definition) is 0. The fourth-order valence-electron chi connectivity index (χ4n) is 6.26. The van der Waals surface area contributed by atoms with E-state index in [9.17, 15) is 0 Å². The number of aryl methyl sites for hydroxylation is 1. The third kappa shape index (κ3) is 4.36. The number of halogens is 2. The van der Waals surface area contributed by atoms with Crippen LogP contribution in [0.2, 0.25) is 5.02 Å². The number of fused-ring (bicyclic) bond motifs is 4. The lowest BCUT2D eigenvalue weighted by molar-refractivity contribution is 0.293. The van der Waals surface area contributed by atoms with Gasteiger partial charge in [-0.1, -0.05) is 41.9 Å². The van der Waals surface area contributed by atoms with E-state index in [-0.39, 0.29) is 17.2 Å². The van der Waals surface area contributed by atoms with Crippen molar-refractivity contribution in [3.05, 3.63) is 71.7 Å². The van der Waals surface area contributed by atoms with Crippen molar-refractivity contribution in [2.75, 3.05) is 24.6 Å². The molecule has 2 atom stereocenters. The van der Waals surface area contributed by atoms with Gasteiger partial charge in [0, 0.05) is 61.1 Å². The van der Waals surface area contributed by atoms with Crippen LogP contribution in [-0.2, 0) is 13.5 Å². The van der Waals surface area contributed by atoms with Crippen molar-refractivity contribution < 1.29 is 9.13 Å². The zero-order valence-corrected chi connectivity index (χ0v) is 22.4. The zero-order chi connectivity index (χ0) is 26.5. The fraction of sp³-hybridized carbons (Fsp3) is 0.333. The normalized spacial score (nSPS) is 18.8. The largest absolute Gasteiger partial charge is 0.463 e. The molecule has 7 rings (SSSR count). The van der Waals surface area contributed by atoms with Gasteiger partial charge in [0.25, 0.3) is 0 Å². The van der Waals surface area contributed by atoms with E-state index in [0.717, 1.165) is 29.7 Å². The van der Waals surface area contributed by atoms with Crippen LogP contribution in [0.1, 0.15) is 25.1 Å². The number of pyridine rings is 1. The summed E-state index contributed by atoms with van der Waals surface area (Å²) < 4.78 is 24.4. The third-order valence-electron chi connectivity index (χ3n) is 8.14. The molecule has 2 fully saturated rings. The lowest BCUT2D eigenvalue weighted by Gasteiger charge is -2.33. The molecule has 2 aromatic carbocycles. The first-order valence-corrected chi connectivity index (χ1v) is 13.8. The van der Waals surface area contributed by atoms with Crippen molar-refractivity contribution in [2.24, 2.45) is 18.9 Å². The first-order chi connectivity index (χ1) is 19.0. The monoisotopic (exact) mass is 542 g/mol. The first kappa shape index (κ1) is 24.3. The van der Waals surface area contributed by atoms with E-state index in [1.54, 1.807) is 12.4 Å². The van der Waals surface area contributed by atoms with Gasteiger partial charge in [0.1, 0.15) is 22.9 Å². The molecule has 1 saturated heterocycles. The fourth-order valence-corrected chi connectivity index (χ4v) is 6.54. The highest BCUT2D eigenvalue weighted by Crippen LogP contribution is 2.41. The van der Waals surface area contributed by atoms with Crippen LogP contribution in [0.4, 0.5) is 10.2 Å². The lowest BCUT2D eigenvalue weighted by atomic mass is 9.98. The predicted octanol–water partition coefficient (Wildman–Crippen LogP) is 6.23. The maximum Gasteiger partial charge on any atom is 0.319 e. The van der Waals surface area contributed by atoms with E-state index >= 15 is 4.39 Å². The first-order valence-electron chi connectivity index (χ1n) is 13.4. The lowest BCUT2D eigenvalue weighted by Crippen LogP contribution is -2.37. The summed E-state index contributed by atoms with van der Waals surface area (Å²) in [6.45, 7) is 2.13. The van der Waals surface area contributed by atoms with Gasteiger partial charge in [-0.05, 0) is 42.6 Å². The Bertz CT molecular complexity index is 1690. The van der Waals surface area contributed by atoms with Crippen LogP contribution in [0, 0.1) is 17.7 Å². The number of benzene rings is 2. The number of rotatable bonds is 6. The van der Waals surface area contributed by atoms with Crippen molar-refractivity contribution in [2.45, 2.75) is 25.7 Å². The van der Waals surface area contributed by atoms with Gasteiger partial charge < -0.3 is 14.2 Å². The maximum atomic E-state index is 16.4. The molecule has 198 valence electrons. The average molecular weight is 543 g/mol. The van der Waals surface area contributed by atoms with Gasteiger partial charge >= 0.3 is 6.01 Å². The Morgan fingerprint density at radius 1 is 1.05 bits per heavy atom. The second kappa shape index (κ2) is 9.75. The molecule has 4 heterocycles. The number of imidazole rings is 1. The number of hydrogen-bond acceptors (Lipinski definition) is 6. The summed E-state index contributed by atoms with van der Waals surface area (Å²) in [6, 6.07) is 11.5. The van der Waals surface area contributed by atoms with E-state index in [1.165, 1.54) is 19.3 Å². The van der Waals surface area contributed by atoms with Gasteiger partial charge in [-0.2, -0.15) is 9.97 Å². The zero-order valence-electron chi connectivity index (χ0n) is 21.6. The van der Waals surface area contributed by atoms with E-state index in [2.05, 4.69) is 19.9 Å². The Hall–Kier alpha value is -3.78. The van der Waals surface area contributed by atoms with E-state index < -0.39 is 5.82 Å². The van der Waals surface area contributed by atoms with Crippen molar-refractivity contribution in [3.63, 3.8) is 0 Å². The SMILES string of the molecule is Cn1ccnc1CCOc1nc(N2CC3CCC(C3)C2)c2cnc(-c3cccc4cccc(Cl)c34)c(F)c2n1. The minimum absolute atomic E-state index is 0.164. The molecule has 5 aromatic rings. The second-order valence-electron chi connectivity index (χ2n) is 10.7. The highest BCUT2D eigenvalue weighted by molar-refractivity contribution is 6.36. The molecular formula is C30H28ClFN6O. The summed E-state index contributed by atoms with van der Waals surface area (Å²) in [5.74, 6) is 2.36. The van der Waals surface area contributed by atoms with Gasteiger partial charge in [0.05, 0.1) is 12.0 Å². The number of nitrogens with zero attached hydrogens (tertiary/aromatic N) is 6. The van der Waals surface area contributed by atoms with Gasteiger partial charge in [-0.25, -0.2) is 9.37 Å². The van der Waals surface area contributed by atoms with Crippen molar-refractivity contribution in [1.82, 2.24) is 24.5 Å². The Labute approximate surface area is 230 Å². The summed E-state index contributed by atoms with van der Waals surface area (Å²) in [5.41, 5.74) is 1.05. The minimum atomic E-state index is -0.502. The van der Waals surface area contributed by atoms with Crippen molar-refractivity contribution in [1.29, 1.82) is 0 Å². The standard InChI is InChI=1S/C30H28ClFN6O/c1-37-12-11-33-24(37)10-13-39-30-35-28-22(29(36-30)38-16-18-8-9-19(14-18)17-38)15-34-27(26(28)32)21-6-2-4-20-5-3-7-23(31)25(20)21/h2-7,11-12,15,18-19H,8-10,13-14,16-17H2,1H3. The molecule has 1 aliphatic heterocycles. The van der Waals surface area contributed by atoms with Crippen LogP contribution in [0.25, 0.3) is 32.9 Å². The highest BCUT2D eigenvalue weighted by Gasteiger charge is 2.34. The van der Waals surface area contributed by atoms with Crippen LogP contribution in [0.5, 0.6) is 6.01 Å². The molecule has 3 aromatic heterocycles. The molecule has 2 unspecified atom stereocenters. The second-order valence-corrected chi connectivity index (χ2v) is 11.1. The van der Waals surface area contributed by atoms with Crippen LogP contribution >= 0.6 is 11.6 Å². The molecule has 1 aliphatic carbocycles. The quantitative estimate of drug-likeness (QED) is 0.253. The van der Waals surface area contributed by atoms with Gasteiger partial charge in [0.2, 0.25) is 0 Å². The Morgan fingerprint density at radius 2 is 1.85 bits per heavy atom. The van der Waals surface area contributed by atoms with Gasteiger partial charge in [-0.3, -0.25) is 4.98 Å². The molecule has 7 nitrogen and oxygen atoms in total. The smallest absolute Gasteiger partial charge is 0.319 e. The van der Waals surface area contributed by atoms with E-state index in [4.69, 9.17) is 21.3 Å². The third-order valence-corrected chi connectivity index (χ3v) is 8.45.